The van der Waals surface area contributed by atoms with Crippen molar-refractivity contribution in [2.45, 2.75) is 34.6 Å². The molecule has 0 aromatic carbocycles. The highest BCUT2D eigenvalue weighted by atomic mass is 32.2. The molecule has 0 radical (unpaired) electrons. The van der Waals surface area contributed by atoms with Crippen molar-refractivity contribution in [1.29, 1.82) is 0 Å². The second-order valence-corrected chi connectivity index (χ2v) is 7.82. The quantitative estimate of drug-likeness (QED) is 0.807. The van der Waals surface area contributed by atoms with Crippen LogP contribution in [0, 0.1) is 17.3 Å². The molecule has 0 spiro atoms. The smallest absolute Gasteiger partial charge is 0.202 e. The zero-order chi connectivity index (χ0) is 13.1. The molecule has 0 saturated heterocycles. The maximum absolute atomic E-state index is 11.6. The van der Waals surface area contributed by atoms with Gasteiger partial charge in [0.25, 0.3) is 10.2 Å². The van der Waals surface area contributed by atoms with E-state index in [1.807, 2.05) is 0 Å². The van der Waals surface area contributed by atoms with Crippen molar-refractivity contribution in [2.75, 3.05) is 20.6 Å². The van der Waals surface area contributed by atoms with Crippen molar-refractivity contribution in [2.24, 2.45) is 17.3 Å². The third-order valence-corrected chi connectivity index (χ3v) is 4.38. The van der Waals surface area contributed by atoms with Crippen molar-refractivity contribution in [3.63, 3.8) is 0 Å². The number of hydrogen-bond donors (Lipinski definition) is 1. The van der Waals surface area contributed by atoms with Crippen molar-refractivity contribution in [1.82, 2.24) is 9.03 Å². The zero-order valence-electron chi connectivity index (χ0n) is 11.5. The molecule has 0 rings (SSSR count). The number of nitrogens with zero attached hydrogens (tertiary/aromatic N) is 1. The molecular formula is C11H26N2O2S. The van der Waals surface area contributed by atoms with E-state index in [-0.39, 0.29) is 5.41 Å². The summed E-state index contributed by atoms with van der Waals surface area (Å²) < 4.78 is 27.0. The summed E-state index contributed by atoms with van der Waals surface area (Å²) in [6.45, 7) is 11.2. The third kappa shape index (κ3) is 4.80. The van der Waals surface area contributed by atoms with Gasteiger partial charge in [-0.25, -0.2) is 4.72 Å². The molecule has 1 atom stereocenters. The van der Waals surface area contributed by atoms with Crippen molar-refractivity contribution < 1.29 is 8.42 Å². The van der Waals surface area contributed by atoms with Gasteiger partial charge in [-0.2, -0.15) is 12.7 Å². The summed E-state index contributed by atoms with van der Waals surface area (Å²) in [6, 6.07) is 0. The van der Waals surface area contributed by atoms with Crippen molar-refractivity contribution in [3.05, 3.63) is 0 Å². The Hall–Kier alpha value is -0.130. The monoisotopic (exact) mass is 250 g/mol. The van der Waals surface area contributed by atoms with Gasteiger partial charge in [0.05, 0.1) is 0 Å². The maximum Gasteiger partial charge on any atom is 0.278 e. The first-order valence-corrected chi connectivity index (χ1v) is 7.09. The van der Waals surface area contributed by atoms with E-state index >= 15 is 0 Å². The first-order chi connectivity index (χ1) is 6.98. The molecule has 0 fully saturated rings. The molecule has 16 heavy (non-hydrogen) atoms. The molecule has 5 heteroatoms. The maximum atomic E-state index is 11.6. The highest BCUT2D eigenvalue weighted by Crippen LogP contribution is 2.31. The molecule has 0 amide bonds. The lowest BCUT2D eigenvalue weighted by Gasteiger charge is -2.34. The Bertz CT molecular complexity index is 302. The number of hydrogen-bond acceptors (Lipinski definition) is 2. The summed E-state index contributed by atoms with van der Waals surface area (Å²) in [7, 11) is -0.241. The van der Waals surface area contributed by atoms with E-state index in [0.717, 1.165) is 0 Å². The van der Waals surface area contributed by atoms with Crippen LogP contribution in [0.3, 0.4) is 0 Å². The van der Waals surface area contributed by atoms with Gasteiger partial charge >= 0.3 is 0 Å². The standard InChI is InChI=1S/C11H26N2O2S/c1-9(2)10(11(3,4)5)8-12-16(14,15)13(6)7/h9-10,12H,8H2,1-7H3. The van der Waals surface area contributed by atoms with Gasteiger partial charge in [-0.05, 0) is 17.3 Å². The molecule has 1 unspecified atom stereocenters. The molecule has 0 heterocycles. The van der Waals surface area contributed by atoms with Crippen LogP contribution in [0.5, 0.6) is 0 Å². The average Bonchev–Trinajstić information content (AvgIpc) is 1.99. The van der Waals surface area contributed by atoms with Gasteiger partial charge < -0.3 is 0 Å². The molecule has 98 valence electrons. The van der Waals surface area contributed by atoms with Crippen LogP contribution >= 0.6 is 0 Å². The SMILES string of the molecule is CC(C)C(CNS(=O)(=O)N(C)C)C(C)(C)C. The van der Waals surface area contributed by atoms with Crippen molar-refractivity contribution >= 4 is 10.2 Å². The molecule has 4 nitrogen and oxygen atoms in total. The largest absolute Gasteiger partial charge is 0.278 e. The van der Waals surface area contributed by atoms with Crippen LogP contribution in [0.1, 0.15) is 34.6 Å². The summed E-state index contributed by atoms with van der Waals surface area (Å²) in [4.78, 5) is 0. The van der Waals surface area contributed by atoms with E-state index < -0.39 is 10.2 Å². The zero-order valence-corrected chi connectivity index (χ0v) is 12.4. The van der Waals surface area contributed by atoms with E-state index in [4.69, 9.17) is 0 Å². The second kappa shape index (κ2) is 5.47. The van der Waals surface area contributed by atoms with Gasteiger partial charge in [-0.15, -0.1) is 0 Å². The Morgan fingerprint density at radius 1 is 1.19 bits per heavy atom. The number of rotatable bonds is 5. The minimum absolute atomic E-state index is 0.100. The summed E-state index contributed by atoms with van der Waals surface area (Å²) in [5.41, 5.74) is 0.100. The Labute approximate surface area is 101 Å². The highest BCUT2D eigenvalue weighted by molar-refractivity contribution is 7.87. The van der Waals surface area contributed by atoms with Gasteiger partial charge in [-0.1, -0.05) is 34.6 Å². The van der Waals surface area contributed by atoms with Crippen LogP contribution in [0.4, 0.5) is 0 Å². The first kappa shape index (κ1) is 15.9. The fourth-order valence-corrected chi connectivity index (χ4v) is 2.51. The fourth-order valence-electron chi connectivity index (χ4n) is 1.87. The molecule has 0 saturated carbocycles. The lowest BCUT2D eigenvalue weighted by atomic mass is 9.74. The molecular weight excluding hydrogens is 224 g/mol. The first-order valence-electron chi connectivity index (χ1n) is 5.65. The second-order valence-electron chi connectivity index (χ2n) is 5.85. The van der Waals surface area contributed by atoms with Crippen LogP contribution < -0.4 is 4.72 Å². The topological polar surface area (TPSA) is 49.4 Å². The Balaban J connectivity index is 4.59. The van der Waals surface area contributed by atoms with Crippen LogP contribution in [0.15, 0.2) is 0 Å². The van der Waals surface area contributed by atoms with E-state index in [2.05, 4.69) is 39.3 Å². The van der Waals surface area contributed by atoms with Crippen LogP contribution in [-0.2, 0) is 10.2 Å². The summed E-state index contributed by atoms with van der Waals surface area (Å²) >= 11 is 0. The van der Waals surface area contributed by atoms with Gasteiger partial charge in [0.1, 0.15) is 0 Å². The average molecular weight is 250 g/mol. The normalized spacial score (nSPS) is 15.8. The van der Waals surface area contributed by atoms with E-state index in [9.17, 15) is 8.42 Å². The molecule has 0 aliphatic rings. The van der Waals surface area contributed by atoms with Crippen LogP contribution in [-0.4, -0.2) is 33.4 Å². The Morgan fingerprint density at radius 3 is 1.88 bits per heavy atom. The lowest BCUT2D eigenvalue weighted by molar-refractivity contribution is 0.181. The predicted molar refractivity (Wildman–Crippen MR) is 68.4 cm³/mol. The van der Waals surface area contributed by atoms with Gasteiger partial charge in [0.15, 0.2) is 0 Å². The van der Waals surface area contributed by atoms with Crippen LogP contribution in [0.25, 0.3) is 0 Å². The molecule has 1 N–H and O–H groups in total. The molecule has 0 bridgehead atoms. The van der Waals surface area contributed by atoms with E-state index in [0.29, 0.717) is 18.4 Å². The highest BCUT2D eigenvalue weighted by Gasteiger charge is 2.28. The minimum Gasteiger partial charge on any atom is -0.202 e. The minimum atomic E-state index is -3.30. The Morgan fingerprint density at radius 2 is 1.62 bits per heavy atom. The molecule has 0 aromatic rings. The summed E-state index contributed by atoms with van der Waals surface area (Å²) in [5.74, 6) is 0.770. The molecule has 0 aliphatic carbocycles. The summed E-state index contributed by atoms with van der Waals surface area (Å²) in [5, 5.41) is 0. The molecule has 0 aromatic heterocycles. The van der Waals surface area contributed by atoms with Gasteiger partial charge in [0, 0.05) is 20.6 Å². The predicted octanol–water partition coefficient (Wildman–Crippen LogP) is 1.70. The Kier molecular flexibility index (Phi) is 5.42. The summed E-state index contributed by atoms with van der Waals surface area (Å²) in [6.07, 6.45) is 0. The fraction of sp³-hybridized carbons (Fsp3) is 1.00. The van der Waals surface area contributed by atoms with E-state index in [1.165, 1.54) is 18.4 Å². The van der Waals surface area contributed by atoms with Gasteiger partial charge in [0.2, 0.25) is 0 Å². The van der Waals surface area contributed by atoms with E-state index in [1.54, 1.807) is 0 Å². The van der Waals surface area contributed by atoms with Gasteiger partial charge in [-0.3, -0.25) is 0 Å². The number of nitrogens with one attached hydrogen (secondary N) is 1. The third-order valence-electron chi connectivity index (χ3n) is 2.88. The molecule has 0 aliphatic heterocycles. The van der Waals surface area contributed by atoms with Crippen LogP contribution in [0.2, 0.25) is 0 Å². The lowest BCUT2D eigenvalue weighted by Crippen LogP contribution is -2.42. The van der Waals surface area contributed by atoms with Crippen molar-refractivity contribution in [3.8, 4) is 0 Å².